The van der Waals surface area contributed by atoms with Crippen LogP contribution < -0.4 is 5.32 Å². The Morgan fingerprint density at radius 3 is 2.68 bits per heavy atom. The van der Waals surface area contributed by atoms with Gasteiger partial charge >= 0.3 is 0 Å². The van der Waals surface area contributed by atoms with E-state index in [4.69, 9.17) is 4.98 Å². The highest BCUT2D eigenvalue weighted by atomic mass is 15.1. The molecule has 0 radical (unpaired) electrons. The maximum atomic E-state index is 4.81. The molecule has 3 nitrogen and oxygen atoms in total. The van der Waals surface area contributed by atoms with Crippen molar-refractivity contribution in [1.29, 1.82) is 0 Å². The Labute approximate surface area is 116 Å². The van der Waals surface area contributed by atoms with Gasteiger partial charge in [-0.15, -0.1) is 0 Å². The van der Waals surface area contributed by atoms with E-state index in [0.717, 1.165) is 38.0 Å². The summed E-state index contributed by atoms with van der Waals surface area (Å²) < 4.78 is 2.34. The van der Waals surface area contributed by atoms with E-state index in [1.807, 2.05) is 0 Å². The zero-order valence-electron chi connectivity index (χ0n) is 12.4. The summed E-state index contributed by atoms with van der Waals surface area (Å²) in [6, 6.07) is 6.66. The number of hydrogen-bond donors (Lipinski definition) is 1. The summed E-state index contributed by atoms with van der Waals surface area (Å²) in [4.78, 5) is 4.81. The first-order valence-corrected chi connectivity index (χ1v) is 7.48. The van der Waals surface area contributed by atoms with Gasteiger partial charge in [-0.3, -0.25) is 0 Å². The molecule has 0 amide bonds. The van der Waals surface area contributed by atoms with E-state index in [1.54, 1.807) is 0 Å². The second kappa shape index (κ2) is 6.71. The molecule has 104 valence electrons. The Kier molecular flexibility index (Phi) is 4.97. The zero-order valence-corrected chi connectivity index (χ0v) is 12.4. The molecule has 3 heteroatoms. The number of fused-ring (bicyclic) bond motifs is 1. The van der Waals surface area contributed by atoms with Crippen molar-refractivity contribution in [2.45, 2.75) is 46.6 Å². The van der Waals surface area contributed by atoms with E-state index in [2.05, 4.69) is 48.9 Å². The van der Waals surface area contributed by atoms with Gasteiger partial charge in [0.05, 0.1) is 11.0 Å². The van der Waals surface area contributed by atoms with E-state index in [0.29, 0.717) is 0 Å². The number of nitrogens with one attached hydrogen (secondary N) is 1. The normalized spacial score (nSPS) is 11.3. The smallest absolute Gasteiger partial charge is 0.111 e. The van der Waals surface area contributed by atoms with Crippen molar-refractivity contribution in [1.82, 2.24) is 14.9 Å². The van der Waals surface area contributed by atoms with Gasteiger partial charge in [-0.2, -0.15) is 0 Å². The second-order valence-electron chi connectivity index (χ2n) is 4.95. The molecule has 1 N–H and O–H groups in total. The number of hydrogen-bond acceptors (Lipinski definition) is 2. The van der Waals surface area contributed by atoms with Crippen LogP contribution in [0.2, 0.25) is 0 Å². The Hall–Kier alpha value is -1.35. The largest absolute Gasteiger partial charge is 0.328 e. The molecule has 2 rings (SSSR count). The van der Waals surface area contributed by atoms with Crippen LogP contribution in [0.4, 0.5) is 0 Å². The number of imidazole rings is 1. The number of nitrogens with zero attached hydrogens (tertiary/aromatic N) is 2. The lowest BCUT2D eigenvalue weighted by atomic mass is 10.1. The quantitative estimate of drug-likeness (QED) is 0.774. The van der Waals surface area contributed by atoms with Crippen molar-refractivity contribution in [3.8, 4) is 0 Å². The van der Waals surface area contributed by atoms with E-state index >= 15 is 0 Å². The lowest BCUT2D eigenvalue weighted by molar-refractivity contribution is 0.633. The number of aryl methyl sites for hydroxylation is 2. The monoisotopic (exact) mass is 259 g/mol. The third-order valence-electron chi connectivity index (χ3n) is 3.57. The van der Waals surface area contributed by atoms with Crippen LogP contribution in [-0.2, 0) is 19.4 Å². The van der Waals surface area contributed by atoms with Gasteiger partial charge in [0.25, 0.3) is 0 Å². The minimum Gasteiger partial charge on any atom is -0.328 e. The molecule has 0 spiro atoms. The molecule has 0 fully saturated rings. The third kappa shape index (κ3) is 3.16. The minimum absolute atomic E-state index is 0.991. The molecule has 1 aromatic carbocycles. The van der Waals surface area contributed by atoms with Crippen molar-refractivity contribution in [2.75, 3.05) is 13.1 Å². The predicted molar refractivity (Wildman–Crippen MR) is 81.6 cm³/mol. The standard InChI is InChI=1S/C16H25N3/c1-4-10-17-11-9-16-18-14-12-13(5-2)7-8-15(14)19(16)6-3/h7-8,12,17H,4-6,9-11H2,1-3H3. The third-order valence-corrected chi connectivity index (χ3v) is 3.57. The van der Waals surface area contributed by atoms with Gasteiger partial charge in [0.2, 0.25) is 0 Å². The molecular weight excluding hydrogens is 234 g/mol. The molecule has 0 bridgehead atoms. The highest BCUT2D eigenvalue weighted by Gasteiger charge is 2.09. The SMILES string of the molecule is CCCNCCc1nc2cc(CC)ccc2n1CC. The van der Waals surface area contributed by atoms with E-state index in [-0.39, 0.29) is 0 Å². The molecule has 0 unspecified atom stereocenters. The zero-order chi connectivity index (χ0) is 13.7. The Balaban J connectivity index is 2.22. The van der Waals surface area contributed by atoms with Crippen molar-refractivity contribution in [3.63, 3.8) is 0 Å². The first-order valence-electron chi connectivity index (χ1n) is 7.48. The van der Waals surface area contributed by atoms with Crippen molar-refractivity contribution < 1.29 is 0 Å². The van der Waals surface area contributed by atoms with E-state index < -0.39 is 0 Å². The number of benzene rings is 1. The molecule has 0 saturated carbocycles. The van der Waals surface area contributed by atoms with Crippen molar-refractivity contribution >= 4 is 11.0 Å². The fourth-order valence-corrected chi connectivity index (χ4v) is 2.49. The summed E-state index contributed by atoms with van der Waals surface area (Å²) in [6.45, 7) is 9.67. The lowest BCUT2D eigenvalue weighted by Crippen LogP contribution is -2.19. The van der Waals surface area contributed by atoms with Gasteiger partial charge in [0.15, 0.2) is 0 Å². The van der Waals surface area contributed by atoms with Crippen LogP contribution in [0.25, 0.3) is 11.0 Å². The molecule has 0 aliphatic rings. The molecule has 1 aromatic heterocycles. The average molecular weight is 259 g/mol. The van der Waals surface area contributed by atoms with Crippen LogP contribution in [0.1, 0.15) is 38.6 Å². The summed E-state index contributed by atoms with van der Waals surface area (Å²) in [6.07, 6.45) is 3.26. The minimum atomic E-state index is 0.991. The summed E-state index contributed by atoms with van der Waals surface area (Å²) in [7, 11) is 0. The van der Waals surface area contributed by atoms with Crippen LogP contribution >= 0.6 is 0 Å². The van der Waals surface area contributed by atoms with Crippen LogP contribution in [0.5, 0.6) is 0 Å². The van der Waals surface area contributed by atoms with Crippen LogP contribution in [0.3, 0.4) is 0 Å². The summed E-state index contributed by atoms with van der Waals surface area (Å²) in [5.41, 5.74) is 3.78. The summed E-state index contributed by atoms with van der Waals surface area (Å²) in [5, 5.41) is 3.45. The van der Waals surface area contributed by atoms with Gasteiger partial charge in [-0.25, -0.2) is 4.98 Å². The van der Waals surface area contributed by atoms with Crippen molar-refractivity contribution in [2.24, 2.45) is 0 Å². The molecule has 0 saturated heterocycles. The topological polar surface area (TPSA) is 29.9 Å². The first-order chi connectivity index (χ1) is 9.30. The fraction of sp³-hybridized carbons (Fsp3) is 0.562. The number of aromatic nitrogens is 2. The van der Waals surface area contributed by atoms with E-state index in [9.17, 15) is 0 Å². The second-order valence-corrected chi connectivity index (χ2v) is 4.95. The number of rotatable bonds is 7. The Morgan fingerprint density at radius 2 is 2.00 bits per heavy atom. The van der Waals surface area contributed by atoms with Gasteiger partial charge in [-0.05, 0) is 44.0 Å². The van der Waals surface area contributed by atoms with Gasteiger partial charge in [-0.1, -0.05) is 19.9 Å². The van der Waals surface area contributed by atoms with Gasteiger partial charge in [0, 0.05) is 19.5 Å². The van der Waals surface area contributed by atoms with Crippen molar-refractivity contribution in [3.05, 3.63) is 29.6 Å². The maximum absolute atomic E-state index is 4.81. The lowest BCUT2D eigenvalue weighted by Gasteiger charge is -2.06. The first kappa shape index (κ1) is 14.1. The van der Waals surface area contributed by atoms with Crippen LogP contribution in [-0.4, -0.2) is 22.6 Å². The predicted octanol–water partition coefficient (Wildman–Crippen LogP) is 3.16. The summed E-state index contributed by atoms with van der Waals surface area (Å²) in [5.74, 6) is 1.20. The maximum Gasteiger partial charge on any atom is 0.111 e. The van der Waals surface area contributed by atoms with Gasteiger partial charge < -0.3 is 9.88 Å². The molecule has 1 heterocycles. The highest BCUT2D eigenvalue weighted by molar-refractivity contribution is 5.77. The molecule has 19 heavy (non-hydrogen) atoms. The summed E-state index contributed by atoms with van der Waals surface area (Å²) >= 11 is 0. The molecule has 0 aliphatic carbocycles. The highest BCUT2D eigenvalue weighted by Crippen LogP contribution is 2.18. The van der Waals surface area contributed by atoms with Gasteiger partial charge in [0.1, 0.15) is 5.82 Å². The average Bonchev–Trinajstić information content (AvgIpc) is 2.79. The Morgan fingerprint density at radius 1 is 1.16 bits per heavy atom. The fourth-order valence-electron chi connectivity index (χ4n) is 2.49. The van der Waals surface area contributed by atoms with E-state index in [1.165, 1.54) is 23.3 Å². The molecule has 0 aliphatic heterocycles. The van der Waals surface area contributed by atoms with Crippen LogP contribution in [0.15, 0.2) is 18.2 Å². The molecule has 2 aromatic rings. The van der Waals surface area contributed by atoms with Crippen LogP contribution in [0, 0.1) is 0 Å². The molecular formula is C16H25N3. The Bertz CT molecular complexity index is 528. The molecule has 0 atom stereocenters.